The number of hydrogen-bond acceptors (Lipinski definition) is 1. The Morgan fingerprint density at radius 3 is 2.68 bits per heavy atom. The minimum absolute atomic E-state index is 0.166. The Hall–Kier alpha value is -0.410. The molecule has 0 saturated heterocycles. The Kier molecular flexibility index (Phi) is 8.31. The molecule has 0 aromatic heterocycles. The summed E-state index contributed by atoms with van der Waals surface area (Å²) in [7, 11) is 0. The van der Waals surface area contributed by atoms with Gasteiger partial charge in [-0.1, -0.05) is 45.2 Å². The lowest BCUT2D eigenvalue weighted by atomic mass is 10.00. The summed E-state index contributed by atoms with van der Waals surface area (Å²) >= 11 is 3.36. The molecule has 0 aliphatic rings. The lowest BCUT2D eigenvalue weighted by Crippen LogP contribution is -2.32. The van der Waals surface area contributed by atoms with Crippen LogP contribution in [0.15, 0.2) is 22.7 Å². The molecule has 1 aromatic rings. The highest BCUT2D eigenvalue weighted by Gasteiger charge is 2.12. The molecular weight excluding hydrogens is 305 g/mol. The van der Waals surface area contributed by atoms with Crippen molar-refractivity contribution in [3.63, 3.8) is 0 Å². The Labute approximate surface area is 125 Å². The van der Waals surface area contributed by atoms with Gasteiger partial charge in [-0.05, 0) is 53.4 Å². The predicted octanol–water partition coefficient (Wildman–Crippen LogP) is 5.08. The largest absolute Gasteiger partial charge is 0.314 e. The van der Waals surface area contributed by atoms with Crippen molar-refractivity contribution < 1.29 is 4.39 Å². The number of nitrogens with one attached hydrogen (secondary N) is 1. The van der Waals surface area contributed by atoms with Gasteiger partial charge in [-0.3, -0.25) is 0 Å². The van der Waals surface area contributed by atoms with Crippen LogP contribution >= 0.6 is 15.9 Å². The molecule has 0 aliphatic heterocycles. The minimum Gasteiger partial charge on any atom is -0.314 e. The van der Waals surface area contributed by atoms with Gasteiger partial charge in [0.15, 0.2) is 0 Å². The van der Waals surface area contributed by atoms with Gasteiger partial charge in [-0.15, -0.1) is 0 Å². The molecule has 108 valence electrons. The van der Waals surface area contributed by atoms with E-state index in [1.807, 2.05) is 6.07 Å². The summed E-state index contributed by atoms with van der Waals surface area (Å²) in [5.74, 6) is -0.166. The molecule has 1 rings (SSSR count). The van der Waals surface area contributed by atoms with Crippen molar-refractivity contribution in [2.45, 2.75) is 58.4 Å². The second kappa shape index (κ2) is 9.49. The molecule has 1 nitrogen and oxygen atoms in total. The van der Waals surface area contributed by atoms with Gasteiger partial charge in [0.25, 0.3) is 0 Å². The quantitative estimate of drug-likeness (QED) is 0.623. The van der Waals surface area contributed by atoms with E-state index in [4.69, 9.17) is 0 Å². The fourth-order valence-electron chi connectivity index (χ4n) is 2.24. The minimum atomic E-state index is -0.166. The lowest BCUT2D eigenvalue weighted by molar-refractivity contribution is 0.455. The number of benzene rings is 1. The fraction of sp³-hybridized carbons (Fsp3) is 0.625. The molecule has 1 aromatic carbocycles. The third-order valence-electron chi connectivity index (χ3n) is 3.34. The topological polar surface area (TPSA) is 12.0 Å². The second-order valence-corrected chi connectivity index (χ2v) is 5.86. The molecule has 0 aliphatic carbocycles. The highest BCUT2D eigenvalue weighted by molar-refractivity contribution is 9.10. The van der Waals surface area contributed by atoms with Gasteiger partial charge in [0.2, 0.25) is 0 Å². The van der Waals surface area contributed by atoms with Gasteiger partial charge in [0.1, 0.15) is 5.82 Å². The molecule has 1 atom stereocenters. The zero-order valence-corrected chi connectivity index (χ0v) is 13.6. The van der Waals surface area contributed by atoms with Crippen LogP contribution in [0.3, 0.4) is 0 Å². The van der Waals surface area contributed by atoms with Crippen LogP contribution in [-0.4, -0.2) is 12.6 Å². The molecule has 0 saturated carbocycles. The van der Waals surface area contributed by atoms with E-state index in [1.54, 1.807) is 6.07 Å². The van der Waals surface area contributed by atoms with Crippen molar-refractivity contribution in [1.29, 1.82) is 0 Å². The zero-order chi connectivity index (χ0) is 14.1. The van der Waals surface area contributed by atoms with Crippen molar-refractivity contribution in [3.05, 3.63) is 34.1 Å². The smallest absolute Gasteiger partial charge is 0.137 e. The molecule has 0 amide bonds. The zero-order valence-electron chi connectivity index (χ0n) is 12.0. The lowest BCUT2D eigenvalue weighted by Gasteiger charge is -2.19. The van der Waals surface area contributed by atoms with Gasteiger partial charge in [0, 0.05) is 6.04 Å². The number of halogens is 2. The second-order valence-electron chi connectivity index (χ2n) is 5.06. The first-order valence-corrected chi connectivity index (χ1v) is 8.14. The maximum atomic E-state index is 13.5. The Bertz CT molecular complexity index is 368. The standard InChI is InChI=1S/C16H25BrFN/c1-3-5-6-9-14(19-11-4-2)12-13-8-7-10-15(18)16(13)17/h7-8,10,14,19H,3-6,9,11-12H2,1-2H3. The average Bonchev–Trinajstić information content (AvgIpc) is 2.41. The molecule has 3 heteroatoms. The third kappa shape index (κ3) is 6.05. The first-order valence-electron chi connectivity index (χ1n) is 7.35. The van der Waals surface area contributed by atoms with Crippen molar-refractivity contribution in [2.75, 3.05) is 6.54 Å². The Morgan fingerprint density at radius 1 is 1.21 bits per heavy atom. The van der Waals surface area contributed by atoms with Crippen molar-refractivity contribution in [1.82, 2.24) is 5.32 Å². The van der Waals surface area contributed by atoms with Gasteiger partial charge in [0.05, 0.1) is 4.47 Å². The van der Waals surface area contributed by atoms with Crippen LogP contribution in [0.2, 0.25) is 0 Å². The molecule has 0 fully saturated rings. The van der Waals surface area contributed by atoms with E-state index in [0.29, 0.717) is 10.5 Å². The van der Waals surface area contributed by atoms with Crippen LogP contribution in [0.5, 0.6) is 0 Å². The van der Waals surface area contributed by atoms with E-state index >= 15 is 0 Å². The third-order valence-corrected chi connectivity index (χ3v) is 4.23. The van der Waals surface area contributed by atoms with Gasteiger partial charge in [-0.2, -0.15) is 0 Å². The van der Waals surface area contributed by atoms with Crippen LogP contribution in [0.25, 0.3) is 0 Å². The molecule has 0 spiro atoms. The van der Waals surface area contributed by atoms with Gasteiger partial charge < -0.3 is 5.32 Å². The summed E-state index contributed by atoms with van der Waals surface area (Å²) in [6, 6.07) is 5.75. The molecule has 0 heterocycles. The molecule has 1 unspecified atom stereocenters. The van der Waals surface area contributed by atoms with Gasteiger partial charge >= 0.3 is 0 Å². The first-order chi connectivity index (χ1) is 9.19. The maximum Gasteiger partial charge on any atom is 0.137 e. The Balaban J connectivity index is 2.61. The van der Waals surface area contributed by atoms with E-state index in [-0.39, 0.29) is 5.82 Å². The molecular formula is C16H25BrFN. The normalized spacial score (nSPS) is 12.6. The molecule has 0 bridgehead atoms. The summed E-state index contributed by atoms with van der Waals surface area (Å²) in [4.78, 5) is 0. The number of hydrogen-bond donors (Lipinski definition) is 1. The molecule has 1 N–H and O–H groups in total. The molecule has 0 radical (unpaired) electrons. The van der Waals surface area contributed by atoms with Crippen molar-refractivity contribution >= 4 is 15.9 Å². The van der Waals surface area contributed by atoms with Crippen LogP contribution < -0.4 is 5.32 Å². The van der Waals surface area contributed by atoms with E-state index in [0.717, 1.165) is 31.4 Å². The van der Waals surface area contributed by atoms with E-state index in [2.05, 4.69) is 35.1 Å². The fourth-order valence-corrected chi connectivity index (χ4v) is 2.66. The van der Waals surface area contributed by atoms with Crippen LogP contribution in [0.1, 0.15) is 51.5 Å². The van der Waals surface area contributed by atoms with Crippen LogP contribution in [-0.2, 0) is 6.42 Å². The van der Waals surface area contributed by atoms with Gasteiger partial charge in [-0.25, -0.2) is 4.39 Å². The summed E-state index contributed by atoms with van der Waals surface area (Å²) < 4.78 is 14.1. The number of rotatable bonds is 9. The van der Waals surface area contributed by atoms with Crippen molar-refractivity contribution in [2.24, 2.45) is 0 Å². The highest BCUT2D eigenvalue weighted by atomic mass is 79.9. The van der Waals surface area contributed by atoms with Crippen LogP contribution in [0.4, 0.5) is 4.39 Å². The Morgan fingerprint density at radius 2 is 2.00 bits per heavy atom. The first kappa shape index (κ1) is 16.6. The van der Waals surface area contributed by atoms with Crippen molar-refractivity contribution in [3.8, 4) is 0 Å². The highest BCUT2D eigenvalue weighted by Crippen LogP contribution is 2.22. The summed E-state index contributed by atoms with van der Waals surface area (Å²) in [5.41, 5.74) is 1.06. The average molecular weight is 330 g/mol. The number of unbranched alkanes of at least 4 members (excludes halogenated alkanes) is 2. The van der Waals surface area contributed by atoms with Crippen LogP contribution in [0, 0.1) is 5.82 Å². The summed E-state index contributed by atoms with van der Waals surface area (Å²) in [6.07, 6.45) is 6.94. The predicted molar refractivity (Wildman–Crippen MR) is 84.0 cm³/mol. The molecule has 19 heavy (non-hydrogen) atoms. The summed E-state index contributed by atoms with van der Waals surface area (Å²) in [6.45, 7) is 5.43. The van der Waals surface area contributed by atoms with E-state index < -0.39 is 0 Å². The SMILES string of the molecule is CCCCCC(Cc1cccc(F)c1Br)NCCC. The summed E-state index contributed by atoms with van der Waals surface area (Å²) in [5, 5.41) is 3.58. The van der Waals surface area contributed by atoms with E-state index in [1.165, 1.54) is 25.3 Å². The monoisotopic (exact) mass is 329 g/mol. The van der Waals surface area contributed by atoms with E-state index in [9.17, 15) is 4.39 Å². The maximum absolute atomic E-state index is 13.5.